The summed E-state index contributed by atoms with van der Waals surface area (Å²) < 4.78 is 0. The van der Waals surface area contributed by atoms with Gasteiger partial charge in [0, 0.05) is 37.8 Å². The van der Waals surface area contributed by atoms with E-state index in [2.05, 4.69) is 0 Å². The van der Waals surface area contributed by atoms with Crippen LogP contribution >= 0.6 is 11.8 Å². The van der Waals surface area contributed by atoms with Gasteiger partial charge in [-0.05, 0) is 13.2 Å². The highest BCUT2D eigenvalue weighted by Gasteiger charge is 2.34. The van der Waals surface area contributed by atoms with Gasteiger partial charge in [-0.1, -0.05) is 0 Å². The molecular formula is C11H20N2O3S. The zero-order chi connectivity index (χ0) is 13.0. The number of carbonyl (C=O) groups is 2. The molecule has 1 atom stereocenters. The molecule has 0 radical (unpaired) electrons. The van der Waals surface area contributed by atoms with Gasteiger partial charge in [0.2, 0.25) is 0 Å². The van der Waals surface area contributed by atoms with Crippen LogP contribution in [0.15, 0.2) is 0 Å². The van der Waals surface area contributed by atoms with Crippen LogP contribution in [0.3, 0.4) is 0 Å². The molecule has 0 bridgehead atoms. The lowest BCUT2D eigenvalue weighted by atomic mass is 9.97. The fourth-order valence-corrected chi connectivity index (χ4v) is 2.57. The second kappa shape index (κ2) is 6.14. The Bertz CT molecular complexity index is 292. The van der Waals surface area contributed by atoms with E-state index in [1.165, 1.54) is 0 Å². The first-order chi connectivity index (χ1) is 7.95. The monoisotopic (exact) mass is 260 g/mol. The van der Waals surface area contributed by atoms with Gasteiger partial charge in [0.25, 0.3) is 0 Å². The molecule has 5 nitrogen and oxygen atoms in total. The maximum atomic E-state index is 12.0. The molecule has 1 saturated heterocycles. The topological polar surface area (TPSA) is 60.9 Å². The quantitative estimate of drug-likeness (QED) is 0.807. The minimum atomic E-state index is -0.786. The van der Waals surface area contributed by atoms with Gasteiger partial charge < -0.3 is 14.9 Å². The summed E-state index contributed by atoms with van der Waals surface area (Å²) in [4.78, 5) is 25.9. The molecule has 0 aliphatic carbocycles. The molecule has 1 unspecified atom stereocenters. The highest BCUT2D eigenvalue weighted by Crippen LogP contribution is 2.21. The van der Waals surface area contributed by atoms with E-state index in [0.29, 0.717) is 13.1 Å². The molecule has 0 spiro atoms. The van der Waals surface area contributed by atoms with Crippen LogP contribution in [0.2, 0.25) is 0 Å². The molecule has 0 aromatic carbocycles. The summed E-state index contributed by atoms with van der Waals surface area (Å²) in [6.45, 7) is 3.16. The lowest BCUT2D eigenvalue weighted by Gasteiger charge is -2.41. The largest absolute Gasteiger partial charge is 0.481 e. The summed E-state index contributed by atoms with van der Waals surface area (Å²) in [5, 5.41) is 8.62. The summed E-state index contributed by atoms with van der Waals surface area (Å²) in [7, 11) is 1.80. The number of hydrogen-bond acceptors (Lipinski definition) is 3. The van der Waals surface area contributed by atoms with Crippen molar-refractivity contribution in [3.05, 3.63) is 0 Å². The van der Waals surface area contributed by atoms with Gasteiger partial charge in [0.1, 0.15) is 0 Å². The van der Waals surface area contributed by atoms with E-state index >= 15 is 0 Å². The number of carboxylic acid groups (broad SMARTS) is 1. The van der Waals surface area contributed by atoms with E-state index < -0.39 is 5.97 Å². The zero-order valence-corrected chi connectivity index (χ0v) is 11.4. The fraction of sp³-hybridized carbons (Fsp3) is 0.818. The van der Waals surface area contributed by atoms with Gasteiger partial charge in [-0.15, -0.1) is 0 Å². The number of hydrogen-bond donors (Lipinski definition) is 1. The summed E-state index contributed by atoms with van der Waals surface area (Å²) in [5.74, 6) is 0.251. The molecule has 0 aromatic rings. The van der Waals surface area contributed by atoms with E-state index in [0.717, 1.165) is 5.75 Å². The fourth-order valence-electron chi connectivity index (χ4n) is 1.87. The third-order valence-corrected chi connectivity index (χ3v) is 3.88. The first-order valence-corrected chi connectivity index (χ1v) is 7.07. The first kappa shape index (κ1) is 14.2. The second-order valence-electron chi connectivity index (χ2n) is 4.57. The summed E-state index contributed by atoms with van der Waals surface area (Å²) in [5.41, 5.74) is 0. The van der Waals surface area contributed by atoms with Crippen LogP contribution in [0, 0.1) is 5.92 Å². The number of carbonyl (C=O) groups excluding carboxylic acids is 1. The van der Waals surface area contributed by atoms with Gasteiger partial charge in [-0.25, -0.2) is 4.79 Å². The lowest BCUT2D eigenvalue weighted by molar-refractivity contribution is -0.139. The normalized spacial score (nSPS) is 17.5. The van der Waals surface area contributed by atoms with Crippen LogP contribution in [0.25, 0.3) is 0 Å². The van der Waals surface area contributed by atoms with E-state index in [4.69, 9.17) is 5.11 Å². The van der Waals surface area contributed by atoms with Gasteiger partial charge in [-0.2, -0.15) is 11.8 Å². The Labute approximate surface area is 106 Å². The maximum Gasteiger partial charge on any atom is 0.320 e. The average Bonchev–Trinajstić information content (AvgIpc) is 2.20. The Kier molecular flexibility index (Phi) is 5.11. The zero-order valence-electron chi connectivity index (χ0n) is 10.5. The minimum Gasteiger partial charge on any atom is -0.481 e. The lowest BCUT2D eigenvalue weighted by Crippen LogP contribution is -2.56. The molecule has 1 aliphatic heterocycles. The van der Waals surface area contributed by atoms with Crippen LogP contribution in [0.5, 0.6) is 0 Å². The van der Waals surface area contributed by atoms with E-state index in [-0.39, 0.29) is 24.4 Å². The molecule has 0 aromatic heterocycles. The van der Waals surface area contributed by atoms with Crippen molar-refractivity contribution in [2.45, 2.75) is 19.4 Å². The number of aliphatic carboxylic acids is 1. The highest BCUT2D eigenvalue weighted by atomic mass is 32.2. The third-order valence-electron chi connectivity index (χ3n) is 3.06. The number of thioether (sulfide) groups is 1. The van der Waals surface area contributed by atoms with Crippen molar-refractivity contribution in [2.24, 2.45) is 5.92 Å². The summed E-state index contributed by atoms with van der Waals surface area (Å²) in [6.07, 6.45) is 2.18. The van der Waals surface area contributed by atoms with Gasteiger partial charge >= 0.3 is 12.0 Å². The molecule has 1 rings (SSSR count). The SMILES string of the molecule is CSCC(C)N(C)C(=O)N1CC(CC(=O)O)C1. The smallest absolute Gasteiger partial charge is 0.320 e. The highest BCUT2D eigenvalue weighted by molar-refractivity contribution is 7.98. The van der Waals surface area contributed by atoms with Crippen LogP contribution < -0.4 is 0 Å². The van der Waals surface area contributed by atoms with Crippen molar-refractivity contribution in [1.82, 2.24) is 9.80 Å². The Balaban J connectivity index is 2.33. The van der Waals surface area contributed by atoms with Crippen LogP contribution in [0.4, 0.5) is 4.79 Å². The molecule has 1 aliphatic rings. The van der Waals surface area contributed by atoms with Crippen LogP contribution in [-0.4, -0.2) is 65.1 Å². The van der Waals surface area contributed by atoms with Crippen molar-refractivity contribution in [3.63, 3.8) is 0 Å². The van der Waals surface area contributed by atoms with Crippen molar-refractivity contribution in [1.29, 1.82) is 0 Å². The van der Waals surface area contributed by atoms with E-state index in [9.17, 15) is 9.59 Å². The van der Waals surface area contributed by atoms with Crippen molar-refractivity contribution >= 4 is 23.8 Å². The number of amides is 2. The maximum absolute atomic E-state index is 12.0. The standard InChI is InChI=1S/C11H20N2O3S/c1-8(7-17-3)12(2)11(16)13-5-9(6-13)4-10(14)15/h8-9H,4-7H2,1-3H3,(H,14,15). The molecule has 17 heavy (non-hydrogen) atoms. The summed E-state index contributed by atoms with van der Waals surface area (Å²) >= 11 is 1.71. The van der Waals surface area contributed by atoms with E-state index in [1.54, 1.807) is 28.6 Å². The first-order valence-electron chi connectivity index (χ1n) is 5.68. The number of carboxylic acids is 1. The van der Waals surface area contributed by atoms with Crippen molar-refractivity contribution in [2.75, 3.05) is 32.1 Å². The van der Waals surface area contributed by atoms with Crippen LogP contribution in [-0.2, 0) is 4.79 Å². The minimum absolute atomic E-state index is 0.00758. The number of urea groups is 1. The molecule has 1 fully saturated rings. The molecular weight excluding hydrogens is 240 g/mol. The molecule has 1 N–H and O–H groups in total. The van der Waals surface area contributed by atoms with Gasteiger partial charge in [-0.3, -0.25) is 4.79 Å². The number of rotatable bonds is 5. The van der Waals surface area contributed by atoms with Crippen LogP contribution in [0.1, 0.15) is 13.3 Å². The molecule has 2 amide bonds. The van der Waals surface area contributed by atoms with Gasteiger partial charge in [0.05, 0.1) is 6.42 Å². The predicted molar refractivity (Wildman–Crippen MR) is 68.3 cm³/mol. The molecule has 6 heteroatoms. The predicted octanol–water partition coefficient (Wildman–Crippen LogP) is 1.20. The third kappa shape index (κ3) is 3.80. The molecule has 1 heterocycles. The molecule has 0 saturated carbocycles. The van der Waals surface area contributed by atoms with Gasteiger partial charge in [0.15, 0.2) is 0 Å². The molecule has 98 valence electrons. The average molecular weight is 260 g/mol. The Morgan fingerprint density at radius 2 is 2.12 bits per heavy atom. The Morgan fingerprint density at radius 3 is 2.59 bits per heavy atom. The Morgan fingerprint density at radius 1 is 1.53 bits per heavy atom. The summed E-state index contributed by atoms with van der Waals surface area (Å²) in [6, 6.07) is 0.212. The van der Waals surface area contributed by atoms with Crippen molar-refractivity contribution < 1.29 is 14.7 Å². The second-order valence-corrected chi connectivity index (χ2v) is 5.48. The number of nitrogens with zero attached hydrogens (tertiary/aromatic N) is 2. The Hall–Kier alpha value is -0.910. The van der Waals surface area contributed by atoms with E-state index in [1.807, 2.05) is 13.2 Å². The number of likely N-dealkylation sites (tertiary alicyclic amines) is 1. The van der Waals surface area contributed by atoms with Crippen molar-refractivity contribution in [3.8, 4) is 0 Å².